The molecule has 0 atom stereocenters. The van der Waals surface area contributed by atoms with E-state index >= 15 is 0 Å². The summed E-state index contributed by atoms with van der Waals surface area (Å²) in [6.07, 6.45) is 2.61. The molecule has 70 valence electrons. The molecular formula is C7H7N2O3S-. The molecule has 0 aliphatic rings. The van der Waals surface area contributed by atoms with Crippen molar-refractivity contribution in [2.24, 2.45) is 0 Å². The fraction of sp³-hybridized carbons (Fsp3) is 0.286. The van der Waals surface area contributed by atoms with E-state index in [1.807, 2.05) is 0 Å². The minimum Gasteiger partial charge on any atom is -0.550 e. The van der Waals surface area contributed by atoms with E-state index in [2.05, 4.69) is 9.97 Å². The molecule has 0 amide bonds. The van der Waals surface area contributed by atoms with Crippen molar-refractivity contribution in [3.05, 3.63) is 22.1 Å². The van der Waals surface area contributed by atoms with E-state index in [9.17, 15) is 14.7 Å². The standard InChI is InChI=1S/C7H8N2O3S/c1-13-7-8-3-4(2-5(10)11)6(12)9-7/h3H,2H2,1H3,(H,10,11)(H,8,9,12)/p-1. The van der Waals surface area contributed by atoms with E-state index < -0.39 is 17.9 Å². The van der Waals surface area contributed by atoms with E-state index in [1.165, 1.54) is 18.0 Å². The second kappa shape index (κ2) is 4.08. The summed E-state index contributed by atoms with van der Waals surface area (Å²) >= 11 is 1.28. The van der Waals surface area contributed by atoms with E-state index in [1.54, 1.807) is 6.26 Å². The fourth-order valence-corrected chi connectivity index (χ4v) is 1.14. The van der Waals surface area contributed by atoms with E-state index in [-0.39, 0.29) is 5.56 Å². The number of carboxylic acids is 1. The summed E-state index contributed by atoms with van der Waals surface area (Å²) in [6.45, 7) is 0. The SMILES string of the molecule is CSc1ncc(CC(=O)[O-])c(=O)[nH]1. The van der Waals surface area contributed by atoms with Crippen molar-refractivity contribution >= 4 is 17.7 Å². The molecule has 0 radical (unpaired) electrons. The highest BCUT2D eigenvalue weighted by Gasteiger charge is 2.01. The number of thioether (sulfide) groups is 1. The van der Waals surface area contributed by atoms with Crippen LogP contribution in [0.2, 0.25) is 0 Å². The average Bonchev–Trinajstić information content (AvgIpc) is 2.08. The molecule has 0 fully saturated rings. The number of aromatic amines is 1. The van der Waals surface area contributed by atoms with Gasteiger partial charge in [0.1, 0.15) is 0 Å². The summed E-state index contributed by atoms with van der Waals surface area (Å²) in [6, 6.07) is 0. The zero-order valence-corrected chi connectivity index (χ0v) is 7.68. The molecule has 1 heterocycles. The van der Waals surface area contributed by atoms with Gasteiger partial charge in [0.15, 0.2) is 5.16 Å². The quantitative estimate of drug-likeness (QED) is 0.487. The van der Waals surface area contributed by atoms with Gasteiger partial charge in [-0.1, -0.05) is 11.8 Å². The van der Waals surface area contributed by atoms with Crippen LogP contribution >= 0.6 is 11.8 Å². The number of nitrogens with zero attached hydrogens (tertiary/aromatic N) is 1. The number of H-pyrrole nitrogens is 1. The summed E-state index contributed by atoms with van der Waals surface area (Å²) in [4.78, 5) is 27.6. The Morgan fingerprint density at radius 3 is 2.92 bits per heavy atom. The Morgan fingerprint density at radius 2 is 2.46 bits per heavy atom. The van der Waals surface area contributed by atoms with Gasteiger partial charge in [0.2, 0.25) is 0 Å². The van der Waals surface area contributed by atoms with Crippen LogP contribution in [0.3, 0.4) is 0 Å². The molecule has 13 heavy (non-hydrogen) atoms. The summed E-state index contributed by atoms with van der Waals surface area (Å²) < 4.78 is 0. The largest absolute Gasteiger partial charge is 0.550 e. The van der Waals surface area contributed by atoms with Crippen LogP contribution < -0.4 is 10.7 Å². The zero-order valence-electron chi connectivity index (χ0n) is 6.86. The van der Waals surface area contributed by atoms with E-state index in [0.717, 1.165) is 0 Å². The van der Waals surface area contributed by atoms with Gasteiger partial charge in [-0.2, -0.15) is 0 Å². The molecule has 1 N–H and O–H groups in total. The summed E-state index contributed by atoms with van der Waals surface area (Å²) in [5.74, 6) is -1.29. The first kappa shape index (κ1) is 9.79. The zero-order chi connectivity index (χ0) is 9.84. The van der Waals surface area contributed by atoms with Gasteiger partial charge in [-0.05, 0) is 6.26 Å². The molecule has 0 bridgehead atoms. The molecule has 1 rings (SSSR count). The predicted octanol–water partition coefficient (Wildman–Crippen LogP) is -1.22. The van der Waals surface area contributed by atoms with Crippen LogP contribution in [0, 0.1) is 0 Å². The van der Waals surface area contributed by atoms with Gasteiger partial charge in [-0.15, -0.1) is 0 Å². The third-order valence-electron chi connectivity index (χ3n) is 1.38. The normalized spacial score (nSPS) is 9.92. The number of rotatable bonds is 3. The lowest BCUT2D eigenvalue weighted by molar-refractivity contribution is -0.304. The number of aromatic nitrogens is 2. The van der Waals surface area contributed by atoms with Crippen LogP contribution in [-0.4, -0.2) is 22.2 Å². The first-order chi connectivity index (χ1) is 6.13. The van der Waals surface area contributed by atoms with Crippen LogP contribution in [0.4, 0.5) is 0 Å². The lowest BCUT2D eigenvalue weighted by Gasteiger charge is -2.01. The monoisotopic (exact) mass is 199 g/mol. The summed E-state index contributed by atoms with van der Waals surface area (Å²) in [5.41, 5.74) is -0.318. The average molecular weight is 199 g/mol. The molecule has 0 aliphatic heterocycles. The molecule has 0 unspecified atom stereocenters. The van der Waals surface area contributed by atoms with Gasteiger partial charge in [0.05, 0.1) is 0 Å². The molecule has 6 heteroatoms. The van der Waals surface area contributed by atoms with Crippen LogP contribution in [-0.2, 0) is 11.2 Å². The Hall–Kier alpha value is -1.30. The molecule has 0 saturated heterocycles. The first-order valence-electron chi connectivity index (χ1n) is 3.45. The summed E-state index contributed by atoms with van der Waals surface area (Å²) in [7, 11) is 0. The van der Waals surface area contributed by atoms with Crippen molar-refractivity contribution in [1.29, 1.82) is 0 Å². The van der Waals surface area contributed by atoms with Crippen molar-refractivity contribution in [2.75, 3.05) is 6.26 Å². The Kier molecular flexibility index (Phi) is 3.07. The van der Waals surface area contributed by atoms with E-state index in [0.29, 0.717) is 5.16 Å². The predicted molar refractivity (Wildman–Crippen MR) is 45.3 cm³/mol. The Morgan fingerprint density at radius 1 is 1.77 bits per heavy atom. The van der Waals surface area contributed by atoms with Crippen molar-refractivity contribution in [2.45, 2.75) is 11.6 Å². The number of carbonyl (C=O) groups excluding carboxylic acids is 1. The highest BCUT2D eigenvalue weighted by atomic mass is 32.2. The minimum atomic E-state index is -1.29. The third kappa shape index (κ3) is 2.59. The number of carboxylic acid groups (broad SMARTS) is 1. The van der Waals surface area contributed by atoms with Crippen molar-refractivity contribution in [3.8, 4) is 0 Å². The van der Waals surface area contributed by atoms with Crippen molar-refractivity contribution < 1.29 is 9.90 Å². The second-order valence-corrected chi connectivity index (χ2v) is 3.09. The Bertz CT molecular complexity index is 374. The van der Waals surface area contributed by atoms with Gasteiger partial charge in [-0.25, -0.2) is 4.98 Å². The van der Waals surface area contributed by atoms with Gasteiger partial charge < -0.3 is 14.9 Å². The highest BCUT2D eigenvalue weighted by Crippen LogP contribution is 2.03. The Balaban J connectivity index is 2.99. The minimum absolute atomic E-state index is 0.109. The summed E-state index contributed by atoms with van der Waals surface area (Å²) in [5, 5.41) is 10.6. The maximum atomic E-state index is 11.1. The molecule has 0 saturated carbocycles. The number of carbonyl (C=O) groups is 1. The van der Waals surface area contributed by atoms with Crippen LogP contribution in [0.5, 0.6) is 0 Å². The fourth-order valence-electron chi connectivity index (χ4n) is 0.790. The molecular weight excluding hydrogens is 192 g/mol. The third-order valence-corrected chi connectivity index (χ3v) is 1.97. The van der Waals surface area contributed by atoms with E-state index in [4.69, 9.17) is 0 Å². The second-order valence-electron chi connectivity index (χ2n) is 2.30. The maximum absolute atomic E-state index is 11.1. The number of aliphatic carboxylic acids is 1. The highest BCUT2D eigenvalue weighted by molar-refractivity contribution is 7.98. The lowest BCUT2D eigenvalue weighted by Crippen LogP contribution is -2.28. The lowest BCUT2D eigenvalue weighted by atomic mass is 10.2. The molecule has 1 aromatic heterocycles. The first-order valence-corrected chi connectivity index (χ1v) is 4.68. The van der Waals surface area contributed by atoms with Gasteiger partial charge in [-0.3, -0.25) is 4.79 Å². The molecule has 0 aromatic carbocycles. The van der Waals surface area contributed by atoms with Crippen molar-refractivity contribution in [3.63, 3.8) is 0 Å². The van der Waals surface area contributed by atoms with Gasteiger partial charge in [0, 0.05) is 24.2 Å². The number of nitrogens with one attached hydrogen (secondary N) is 1. The number of hydrogen-bond acceptors (Lipinski definition) is 5. The maximum Gasteiger partial charge on any atom is 0.255 e. The smallest absolute Gasteiger partial charge is 0.255 e. The van der Waals surface area contributed by atoms with Crippen LogP contribution in [0.1, 0.15) is 5.56 Å². The van der Waals surface area contributed by atoms with Crippen LogP contribution in [0.15, 0.2) is 16.1 Å². The van der Waals surface area contributed by atoms with Crippen LogP contribution in [0.25, 0.3) is 0 Å². The molecule has 1 aromatic rings. The van der Waals surface area contributed by atoms with Gasteiger partial charge >= 0.3 is 0 Å². The topological polar surface area (TPSA) is 85.9 Å². The van der Waals surface area contributed by atoms with Crippen molar-refractivity contribution in [1.82, 2.24) is 9.97 Å². The molecule has 0 spiro atoms. The Labute approximate surface area is 78.2 Å². The molecule has 5 nitrogen and oxygen atoms in total. The van der Waals surface area contributed by atoms with Gasteiger partial charge in [0.25, 0.3) is 5.56 Å². The molecule has 0 aliphatic carbocycles. The number of hydrogen-bond donors (Lipinski definition) is 1.